The highest BCUT2D eigenvalue weighted by Gasteiger charge is 2.32. The second kappa shape index (κ2) is 8.47. The van der Waals surface area contributed by atoms with E-state index in [0.717, 1.165) is 4.90 Å². The lowest BCUT2D eigenvalue weighted by molar-refractivity contribution is -0.138. The number of hydrogen-bond acceptors (Lipinski definition) is 4. The van der Waals surface area contributed by atoms with Gasteiger partial charge in [0.05, 0.1) is 29.7 Å². The van der Waals surface area contributed by atoms with Crippen molar-refractivity contribution in [1.82, 2.24) is 5.32 Å². The smallest absolute Gasteiger partial charge is 0.306 e. The maximum Gasteiger partial charge on any atom is 0.306 e. The Morgan fingerprint density at radius 2 is 2.00 bits per heavy atom. The molecule has 0 spiro atoms. The molecule has 0 aliphatic carbocycles. The minimum atomic E-state index is -1.13. The highest BCUT2D eigenvalue weighted by Crippen LogP contribution is 2.30. The summed E-state index contributed by atoms with van der Waals surface area (Å²) in [6.07, 6.45) is 1.61. The SMILES string of the molecule is COc1cccc(C(C)(CC(=O)O)NC(=O)c2cc(SC)ccc2Cl)c1. The lowest BCUT2D eigenvalue weighted by Gasteiger charge is -2.30. The van der Waals surface area contributed by atoms with Crippen LogP contribution in [0.2, 0.25) is 5.02 Å². The van der Waals surface area contributed by atoms with E-state index in [9.17, 15) is 14.7 Å². The zero-order valence-corrected chi connectivity index (χ0v) is 16.3. The quantitative estimate of drug-likeness (QED) is 0.690. The third-order valence-corrected chi connectivity index (χ3v) is 5.07. The van der Waals surface area contributed by atoms with Crippen LogP contribution in [-0.4, -0.2) is 30.3 Å². The van der Waals surface area contributed by atoms with E-state index in [2.05, 4.69) is 5.32 Å². The first-order valence-corrected chi connectivity index (χ1v) is 9.41. The molecule has 0 aliphatic rings. The number of carboxylic acids is 1. The molecule has 1 atom stereocenters. The van der Waals surface area contributed by atoms with Crippen LogP contribution in [0.4, 0.5) is 0 Å². The average molecular weight is 394 g/mol. The molecule has 2 N–H and O–H groups in total. The minimum absolute atomic E-state index is 0.286. The summed E-state index contributed by atoms with van der Waals surface area (Å²) in [5, 5.41) is 12.5. The molecule has 0 bridgehead atoms. The molecule has 0 saturated carbocycles. The molecule has 7 heteroatoms. The second-order valence-electron chi connectivity index (χ2n) is 5.93. The van der Waals surface area contributed by atoms with Gasteiger partial charge in [-0.05, 0) is 49.1 Å². The number of nitrogens with one attached hydrogen (secondary N) is 1. The predicted octanol–water partition coefficient (Wildman–Crippen LogP) is 4.19. The summed E-state index contributed by atoms with van der Waals surface area (Å²) in [6, 6.07) is 12.1. The van der Waals surface area contributed by atoms with E-state index in [1.54, 1.807) is 43.3 Å². The van der Waals surface area contributed by atoms with Gasteiger partial charge in [-0.15, -0.1) is 11.8 Å². The van der Waals surface area contributed by atoms with Crippen LogP contribution in [0.15, 0.2) is 47.4 Å². The van der Waals surface area contributed by atoms with Crippen molar-refractivity contribution < 1.29 is 19.4 Å². The topological polar surface area (TPSA) is 75.6 Å². The van der Waals surface area contributed by atoms with Crippen molar-refractivity contribution in [2.75, 3.05) is 13.4 Å². The third-order valence-electron chi connectivity index (χ3n) is 4.02. The van der Waals surface area contributed by atoms with Gasteiger partial charge in [-0.1, -0.05) is 23.7 Å². The van der Waals surface area contributed by atoms with E-state index in [1.807, 2.05) is 12.3 Å². The van der Waals surface area contributed by atoms with Crippen LogP contribution in [0.5, 0.6) is 5.75 Å². The van der Waals surface area contributed by atoms with Gasteiger partial charge >= 0.3 is 5.97 Å². The molecule has 0 fully saturated rings. The molecule has 138 valence electrons. The van der Waals surface area contributed by atoms with Crippen molar-refractivity contribution in [3.8, 4) is 5.75 Å². The average Bonchev–Trinajstić information content (AvgIpc) is 2.61. The van der Waals surface area contributed by atoms with Gasteiger partial charge in [-0.2, -0.15) is 0 Å². The van der Waals surface area contributed by atoms with Crippen LogP contribution < -0.4 is 10.1 Å². The van der Waals surface area contributed by atoms with Gasteiger partial charge in [0.1, 0.15) is 5.75 Å². The number of halogens is 1. The highest BCUT2D eigenvalue weighted by molar-refractivity contribution is 7.98. The first kappa shape index (κ1) is 20.1. The fourth-order valence-electron chi connectivity index (χ4n) is 2.61. The second-order valence-corrected chi connectivity index (χ2v) is 7.22. The lowest BCUT2D eigenvalue weighted by atomic mass is 9.88. The zero-order chi connectivity index (χ0) is 19.3. The van der Waals surface area contributed by atoms with Gasteiger partial charge in [-0.25, -0.2) is 0 Å². The highest BCUT2D eigenvalue weighted by atomic mass is 35.5. The molecular formula is C19H20ClNO4S. The standard InChI is InChI=1S/C19H20ClNO4S/c1-19(11-17(22)23,12-5-4-6-13(9-12)25-2)21-18(24)15-10-14(26-3)7-8-16(15)20/h4-10H,11H2,1-3H3,(H,21,24)(H,22,23). The molecule has 0 saturated heterocycles. The van der Waals surface area contributed by atoms with Crippen molar-refractivity contribution in [1.29, 1.82) is 0 Å². The Morgan fingerprint density at radius 3 is 2.62 bits per heavy atom. The molecule has 26 heavy (non-hydrogen) atoms. The number of methoxy groups -OCH3 is 1. The summed E-state index contributed by atoms with van der Waals surface area (Å²) in [7, 11) is 1.53. The molecule has 1 amide bonds. The number of aliphatic carboxylic acids is 1. The summed E-state index contributed by atoms with van der Waals surface area (Å²) in [5.41, 5.74) is -0.196. The van der Waals surface area contributed by atoms with Crippen LogP contribution >= 0.6 is 23.4 Å². The van der Waals surface area contributed by atoms with E-state index in [-0.39, 0.29) is 6.42 Å². The van der Waals surface area contributed by atoms with Gasteiger partial charge in [0.25, 0.3) is 5.91 Å². The Hall–Kier alpha value is -2.18. The lowest BCUT2D eigenvalue weighted by Crippen LogP contribution is -2.45. The Labute approximate surface area is 161 Å². The van der Waals surface area contributed by atoms with E-state index >= 15 is 0 Å². The Kier molecular flexibility index (Phi) is 6.56. The summed E-state index contributed by atoms with van der Waals surface area (Å²) in [5.74, 6) is -0.882. The van der Waals surface area contributed by atoms with Gasteiger partial charge in [-0.3, -0.25) is 9.59 Å². The number of thioether (sulfide) groups is 1. The largest absolute Gasteiger partial charge is 0.497 e. The van der Waals surface area contributed by atoms with E-state index < -0.39 is 17.4 Å². The van der Waals surface area contributed by atoms with Gasteiger partial charge in [0, 0.05) is 4.90 Å². The maximum absolute atomic E-state index is 12.8. The van der Waals surface area contributed by atoms with Gasteiger partial charge in [0.2, 0.25) is 0 Å². The van der Waals surface area contributed by atoms with Crippen molar-refractivity contribution in [3.63, 3.8) is 0 Å². The number of carboxylic acid groups (broad SMARTS) is 1. The van der Waals surface area contributed by atoms with Crippen molar-refractivity contribution in [2.24, 2.45) is 0 Å². The Morgan fingerprint density at radius 1 is 1.27 bits per heavy atom. The predicted molar refractivity (Wildman–Crippen MR) is 103 cm³/mol. The van der Waals surface area contributed by atoms with Crippen LogP contribution in [0.3, 0.4) is 0 Å². The van der Waals surface area contributed by atoms with Crippen LogP contribution in [0.25, 0.3) is 0 Å². The molecule has 0 radical (unpaired) electrons. The van der Waals surface area contributed by atoms with Crippen molar-refractivity contribution in [3.05, 3.63) is 58.6 Å². The van der Waals surface area contributed by atoms with E-state index in [1.165, 1.54) is 18.9 Å². The van der Waals surface area contributed by atoms with Gasteiger partial charge in [0.15, 0.2) is 0 Å². The van der Waals surface area contributed by atoms with Gasteiger partial charge < -0.3 is 15.2 Å². The molecular weight excluding hydrogens is 374 g/mol. The maximum atomic E-state index is 12.8. The number of benzene rings is 2. The number of carbonyl (C=O) groups is 2. The summed E-state index contributed by atoms with van der Waals surface area (Å²) in [6.45, 7) is 1.67. The Bertz CT molecular complexity index is 827. The molecule has 2 rings (SSSR count). The zero-order valence-electron chi connectivity index (χ0n) is 14.7. The first-order chi connectivity index (χ1) is 12.3. The minimum Gasteiger partial charge on any atom is -0.497 e. The summed E-state index contributed by atoms with van der Waals surface area (Å²) >= 11 is 7.66. The fraction of sp³-hybridized carbons (Fsp3) is 0.263. The number of ether oxygens (including phenoxy) is 1. The van der Waals surface area contributed by atoms with E-state index in [4.69, 9.17) is 16.3 Å². The number of rotatable bonds is 7. The molecule has 1 unspecified atom stereocenters. The normalized spacial score (nSPS) is 12.9. The van der Waals surface area contributed by atoms with Crippen LogP contribution in [-0.2, 0) is 10.3 Å². The first-order valence-electron chi connectivity index (χ1n) is 7.81. The molecule has 5 nitrogen and oxygen atoms in total. The fourth-order valence-corrected chi connectivity index (χ4v) is 3.25. The van der Waals surface area contributed by atoms with Crippen LogP contribution in [0.1, 0.15) is 29.3 Å². The van der Waals surface area contributed by atoms with Crippen molar-refractivity contribution >= 4 is 35.2 Å². The number of carbonyl (C=O) groups excluding carboxylic acids is 1. The number of amides is 1. The Balaban J connectivity index is 2.41. The molecule has 0 aromatic heterocycles. The van der Waals surface area contributed by atoms with Crippen LogP contribution in [0, 0.1) is 0 Å². The molecule has 0 heterocycles. The van der Waals surface area contributed by atoms with Crippen molar-refractivity contribution in [2.45, 2.75) is 23.8 Å². The molecule has 0 aliphatic heterocycles. The molecule has 2 aromatic carbocycles. The molecule has 2 aromatic rings. The summed E-state index contributed by atoms with van der Waals surface area (Å²) < 4.78 is 5.21. The summed E-state index contributed by atoms with van der Waals surface area (Å²) in [4.78, 5) is 25.1. The number of hydrogen-bond donors (Lipinski definition) is 2. The van der Waals surface area contributed by atoms with E-state index in [0.29, 0.717) is 21.9 Å². The third kappa shape index (κ3) is 4.71. The monoisotopic (exact) mass is 393 g/mol.